The average Bonchev–Trinajstić information content (AvgIpc) is 2.77. The predicted molar refractivity (Wildman–Crippen MR) is 57.2 cm³/mol. The molecule has 15 heavy (non-hydrogen) atoms. The third-order valence-corrected chi connectivity index (χ3v) is 3.11. The van der Waals surface area contributed by atoms with E-state index in [1.165, 1.54) is 24.8 Å². The van der Waals surface area contributed by atoms with Crippen molar-refractivity contribution in [2.24, 2.45) is 0 Å². The van der Waals surface area contributed by atoms with E-state index in [4.69, 9.17) is 9.47 Å². The van der Waals surface area contributed by atoms with Crippen LogP contribution in [0.2, 0.25) is 0 Å². The number of nitrogens with one attached hydrogen (secondary N) is 1. The molecule has 2 aliphatic heterocycles. The standard InChI is InChI=1S/C12H15NO2/c1-2-6-13-10(3-1)9-4-5-11-12(7-9)15-8-14-11/h4-5,7,10,13H,1-3,6,8H2. The Hall–Kier alpha value is -1.22. The van der Waals surface area contributed by atoms with Crippen LogP contribution in [0.4, 0.5) is 0 Å². The second-order valence-corrected chi connectivity index (χ2v) is 4.12. The molecule has 1 aromatic carbocycles. The molecule has 0 aliphatic carbocycles. The van der Waals surface area contributed by atoms with Gasteiger partial charge in [-0.3, -0.25) is 0 Å². The second kappa shape index (κ2) is 3.74. The van der Waals surface area contributed by atoms with Crippen molar-refractivity contribution < 1.29 is 9.47 Å². The van der Waals surface area contributed by atoms with Gasteiger partial charge < -0.3 is 14.8 Å². The highest BCUT2D eigenvalue weighted by Crippen LogP contribution is 2.35. The number of piperidine rings is 1. The van der Waals surface area contributed by atoms with Crippen LogP contribution in [0.3, 0.4) is 0 Å². The van der Waals surface area contributed by atoms with Crippen molar-refractivity contribution in [2.75, 3.05) is 13.3 Å². The Morgan fingerprint density at radius 2 is 2.07 bits per heavy atom. The van der Waals surface area contributed by atoms with E-state index in [2.05, 4.69) is 17.4 Å². The summed E-state index contributed by atoms with van der Waals surface area (Å²) in [4.78, 5) is 0. The van der Waals surface area contributed by atoms with E-state index in [0.717, 1.165) is 18.0 Å². The zero-order chi connectivity index (χ0) is 10.1. The molecule has 1 saturated heterocycles. The second-order valence-electron chi connectivity index (χ2n) is 4.12. The Kier molecular flexibility index (Phi) is 2.25. The fourth-order valence-electron chi connectivity index (χ4n) is 2.27. The number of fused-ring (bicyclic) bond motifs is 1. The van der Waals surface area contributed by atoms with Crippen LogP contribution in [0, 0.1) is 0 Å². The van der Waals surface area contributed by atoms with E-state index in [-0.39, 0.29) is 0 Å². The van der Waals surface area contributed by atoms with Crippen LogP contribution < -0.4 is 14.8 Å². The molecule has 0 spiro atoms. The molecular weight excluding hydrogens is 190 g/mol. The van der Waals surface area contributed by atoms with Crippen molar-refractivity contribution in [1.82, 2.24) is 5.32 Å². The number of rotatable bonds is 1. The molecule has 0 saturated carbocycles. The topological polar surface area (TPSA) is 30.5 Å². The van der Waals surface area contributed by atoms with Gasteiger partial charge in [-0.05, 0) is 37.1 Å². The summed E-state index contributed by atoms with van der Waals surface area (Å²) >= 11 is 0. The predicted octanol–water partition coefficient (Wildman–Crippen LogP) is 2.23. The Bertz CT molecular complexity index is 359. The lowest BCUT2D eigenvalue weighted by Gasteiger charge is -2.23. The van der Waals surface area contributed by atoms with Gasteiger partial charge in [0.2, 0.25) is 6.79 Å². The van der Waals surface area contributed by atoms with Crippen LogP contribution >= 0.6 is 0 Å². The summed E-state index contributed by atoms with van der Waals surface area (Å²) in [6, 6.07) is 6.74. The summed E-state index contributed by atoms with van der Waals surface area (Å²) < 4.78 is 10.7. The highest BCUT2D eigenvalue weighted by atomic mass is 16.7. The van der Waals surface area contributed by atoms with E-state index < -0.39 is 0 Å². The van der Waals surface area contributed by atoms with E-state index in [0.29, 0.717) is 12.8 Å². The molecule has 0 amide bonds. The fourth-order valence-corrected chi connectivity index (χ4v) is 2.27. The monoisotopic (exact) mass is 205 g/mol. The smallest absolute Gasteiger partial charge is 0.231 e. The third kappa shape index (κ3) is 1.67. The van der Waals surface area contributed by atoms with E-state index in [1.807, 2.05) is 6.07 Å². The molecule has 3 heteroatoms. The molecule has 1 aromatic rings. The van der Waals surface area contributed by atoms with Gasteiger partial charge in [0.25, 0.3) is 0 Å². The van der Waals surface area contributed by atoms with Crippen LogP contribution in [-0.4, -0.2) is 13.3 Å². The van der Waals surface area contributed by atoms with Gasteiger partial charge >= 0.3 is 0 Å². The molecule has 1 N–H and O–H groups in total. The summed E-state index contributed by atoms with van der Waals surface area (Å²) in [6.07, 6.45) is 3.83. The van der Waals surface area contributed by atoms with Crippen molar-refractivity contribution in [3.63, 3.8) is 0 Å². The Morgan fingerprint density at radius 3 is 2.93 bits per heavy atom. The van der Waals surface area contributed by atoms with Crippen LogP contribution in [0.5, 0.6) is 11.5 Å². The molecule has 3 nitrogen and oxygen atoms in total. The lowest BCUT2D eigenvalue weighted by atomic mass is 9.97. The van der Waals surface area contributed by atoms with E-state index in [1.54, 1.807) is 0 Å². The van der Waals surface area contributed by atoms with Crippen LogP contribution in [0.1, 0.15) is 30.9 Å². The van der Waals surface area contributed by atoms with Gasteiger partial charge in [0.05, 0.1) is 0 Å². The molecule has 0 bridgehead atoms. The molecule has 80 valence electrons. The molecule has 0 aromatic heterocycles. The maximum absolute atomic E-state index is 5.38. The largest absolute Gasteiger partial charge is 0.454 e. The summed E-state index contributed by atoms with van der Waals surface area (Å²) in [5.41, 5.74) is 1.32. The van der Waals surface area contributed by atoms with Gasteiger partial charge in [-0.15, -0.1) is 0 Å². The van der Waals surface area contributed by atoms with Gasteiger partial charge in [0.1, 0.15) is 0 Å². The number of hydrogen-bond donors (Lipinski definition) is 1. The van der Waals surface area contributed by atoms with Crippen molar-refractivity contribution in [3.8, 4) is 11.5 Å². The lowest BCUT2D eigenvalue weighted by Crippen LogP contribution is -2.26. The summed E-state index contributed by atoms with van der Waals surface area (Å²) in [5, 5.41) is 3.53. The van der Waals surface area contributed by atoms with Crippen molar-refractivity contribution in [1.29, 1.82) is 0 Å². The minimum absolute atomic E-state index is 0.358. The SMILES string of the molecule is c1cc2c(cc1C1CCCCN1)OCO2. The van der Waals surface area contributed by atoms with E-state index >= 15 is 0 Å². The lowest BCUT2D eigenvalue weighted by molar-refractivity contribution is 0.174. The first-order chi connectivity index (χ1) is 7.43. The normalized spacial score (nSPS) is 24.1. The van der Waals surface area contributed by atoms with Gasteiger partial charge in [-0.25, -0.2) is 0 Å². The van der Waals surface area contributed by atoms with Crippen molar-refractivity contribution >= 4 is 0 Å². The van der Waals surface area contributed by atoms with Crippen molar-refractivity contribution in [2.45, 2.75) is 25.3 Å². The zero-order valence-electron chi connectivity index (χ0n) is 8.66. The van der Waals surface area contributed by atoms with E-state index in [9.17, 15) is 0 Å². The Morgan fingerprint density at radius 1 is 1.13 bits per heavy atom. The highest BCUT2D eigenvalue weighted by molar-refractivity contribution is 5.45. The van der Waals surface area contributed by atoms with Gasteiger partial charge in [0, 0.05) is 6.04 Å². The van der Waals surface area contributed by atoms with Crippen LogP contribution in [0.25, 0.3) is 0 Å². The first-order valence-corrected chi connectivity index (χ1v) is 5.56. The quantitative estimate of drug-likeness (QED) is 0.762. The summed E-state index contributed by atoms with van der Waals surface area (Å²) in [6.45, 7) is 1.48. The minimum Gasteiger partial charge on any atom is -0.454 e. The van der Waals surface area contributed by atoms with Crippen LogP contribution in [0.15, 0.2) is 18.2 Å². The number of ether oxygens (including phenoxy) is 2. The summed E-state index contributed by atoms with van der Waals surface area (Å²) in [5.74, 6) is 1.76. The molecule has 2 aliphatic rings. The number of benzene rings is 1. The minimum atomic E-state index is 0.358. The zero-order valence-corrected chi connectivity index (χ0v) is 8.66. The molecule has 1 atom stereocenters. The molecular formula is C12H15NO2. The maximum Gasteiger partial charge on any atom is 0.231 e. The van der Waals surface area contributed by atoms with Crippen molar-refractivity contribution in [3.05, 3.63) is 23.8 Å². The molecule has 2 heterocycles. The molecule has 0 radical (unpaired) electrons. The Balaban J connectivity index is 1.85. The molecule has 1 fully saturated rings. The first kappa shape index (κ1) is 9.04. The van der Waals surface area contributed by atoms with Gasteiger partial charge in [-0.1, -0.05) is 12.5 Å². The Labute approximate surface area is 89.4 Å². The third-order valence-electron chi connectivity index (χ3n) is 3.11. The molecule has 3 rings (SSSR count). The number of hydrogen-bond acceptors (Lipinski definition) is 3. The average molecular weight is 205 g/mol. The summed E-state index contributed by atoms with van der Waals surface area (Å²) in [7, 11) is 0. The molecule has 1 unspecified atom stereocenters. The van der Waals surface area contributed by atoms with Crippen LogP contribution in [-0.2, 0) is 0 Å². The van der Waals surface area contributed by atoms with Gasteiger partial charge in [0.15, 0.2) is 11.5 Å². The first-order valence-electron chi connectivity index (χ1n) is 5.56. The fraction of sp³-hybridized carbons (Fsp3) is 0.500. The van der Waals surface area contributed by atoms with Gasteiger partial charge in [-0.2, -0.15) is 0 Å². The highest BCUT2D eigenvalue weighted by Gasteiger charge is 2.19. The maximum atomic E-state index is 5.38.